The summed E-state index contributed by atoms with van der Waals surface area (Å²) in [4.78, 5) is 11.4. The van der Waals surface area contributed by atoms with Crippen molar-refractivity contribution < 1.29 is 23.4 Å². The van der Waals surface area contributed by atoms with E-state index in [1.165, 1.54) is 12.1 Å². The van der Waals surface area contributed by atoms with Gasteiger partial charge >= 0.3 is 5.97 Å². The number of rotatable bonds is 5. The van der Waals surface area contributed by atoms with E-state index in [0.29, 0.717) is 34.0 Å². The number of halogens is 2. The number of fused-ring (bicyclic) bond motifs is 2. The van der Waals surface area contributed by atoms with Gasteiger partial charge in [0.25, 0.3) is 0 Å². The van der Waals surface area contributed by atoms with Crippen LogP contribution in [0.1, 0.15) is 50.3 Å². The fourth-order valence-corrected chi connectivity index (χ4v) is 5.21. The average Bonchev–Trinajstić information content (AvgIpc) is 3.43. The van der Waals surface area contributed by atoms with Gasteiger partial charge in [-0.1, -0.05) is 13.8 Å². The molecule has 1 aliphatic rings. The van der Waals surface area contributed by atoms with Crippen molar-refractivity contribution in [3.05, 3.63) is 59.4 Å². The van der Waals surface area contributed by atoms with Crippen LogP contribution in [0.2, 0.25) is 0 Å². The molecule has 35 heavy (non-hydrogen) atoms. The number of aliphatic carboxylic acids is 1. The number of aromatic amines is 1. The molecule has 2 aromatic carbocycles. The number of H-pyrrole nitrogens is 1. The van der Waals surface area contributed by atoms with E-state index in [4.69, 9.17) is 4.74 Å². The number of hydrogen-bond acceptors (Lipinski definition) is 4. The SMILES string of the molecule is CC(C)(CC#N)c1c([C@H]2CC[C@H](C(=O)O)OC2)c2c(F)c3[nH]ncc3cc2n1-c1ccc(F)cc1. The Hall–Kier alpha value is -3.77. The molecule has 0 spiro atoms. The van der Waals surface area contributed by atoms with Crippen LogP contribution in [0.5, 0.6) is 0 Å². The molecule has 0 saturated carbocycles. The third-order valence-corrected chi connectivity index (χ3v) is 6.85. The summed E-state index contributed by atoms with van der Waals surface area (Å²) in [6.07, 6.45) is 1.56. The van der Waals surface area contributed by atoms with Crippen molar-refractivity contribution in [3.63, 3.8) is 0 Å². The molecule has 2 atom stereocenters. The lowest BCUT2D eigenvalue weighted by atomic mass is 9.78. The summed E-state index contributed by atoms with van der Waals surface area (Å²) in [5.41, 5.74) is 2.16. The molecule has 7 nitrogen and oxygen atoms in total. The summed E-state index contributed by atoms with van der Waals surface area (Å²) in [5, 5.41) is 26.7. The van der Waals surface area contributed by atoms with Crippen LogP contribution in [-0.2, 0) is 14.9 Å². The predicted molar refractivity (Wildman–Crippen MR) is 125 cm³/mol. The molecule has 1 aliphatic heterocycles. The molecular formula is C26H24F2N4O3. The number of ether oxygens (including phenoxy) is 1. The van der Waals surface area contributed by atoms with Crippen LogP contribution < -0.4 is 0 Å². The Balaban J connectivity index is 1.87. The number of nitriles is 1. The van der Waals surface area contributed by atoms with E-state index in [1.807, 2.05) is 24.5 Å². The summed E-state index contributed by atoms with van der Waals surface area (Å²) < 4.78 is 37.5. The molecule has 0 unspecified atom stereocenters. The van der Waals surface area contributed by atoms with Gasteiger partial charge in [0, 0.05) is 39.9 Å². The zero-order valence-corrected chi connectivity index (χ0v) is 19.3. The van der Waals surface area contributed by atoms with Crippen LogP contribution in [0.4, 0.5) is 8.78 Å². The van der Waals surface area contributed by atoms with Gasteiger partial charge in [-0.3, -0.25) is 5.10 Å². The van der Waals surface area contributed by atoms with Crippen LogP contribution in [0.15, 0.2) is 36.5 Å². The minimum Gasteiger partial charge on any atom is -0.479 e. The topological polar surface area (TPSA) is 104 Å². The summed E-state index contributed by atoms with van der Waals surface area (Å²) in [5.74, 6) is -2.18. The van der Waals surface area contributed by atoms with Crippen LogP contribution in [-0.4, -0.2) is 38.6 Å². The van der Waals surface area contributed by atoms with E-state index in [0.717, 1.165) is 5.69 Å². The van der Waals surface area contributed by atoms with Gasteiger partial charge in [0.2, 0.25) is 0 Å². The molecule has 4 aromatic rings. The van der Waals surface area contributed by atoms with Gasteiger partial charge in [0.15, 0.2) is 11.9 Å². The first-order valence-corrected chi connectivity index (χ1v) is 11.4. The molecule has 2 N–H and O–H groups in total. The van der Waals surface area contributed by atoms with Crippen LogP contribution in [0.25, 0.3) is 27.5 Å². The summed E-state index contributed by atoms with van der Waals surface area (Å²) in [7, 11) is 0. The van der Waals surface area contributed by atoms with Gasteiger partial charge in [-0.25, -0.2) is 13.6 Å². The first kappa shape index (κ1) is 23.0. The maximum atomic E-state index is 16.1. The first-order chi connectivity index (χ1) is 16.7. The van der Waals surface area contributed by atoms with E-state index in [-0.39, 0.29) is 30.9 Å². The average molecular weight is 478 g/mol. The molecule has 0 radical (unpaired) electrons. The molecule has 2 aromatic heterocycles. The van der Waals surface area contributed by atoms with E-state index < -0.39 is 29.1 Å². The van der Waals surface area contributed by atoms with Gasteiger partial charge in [0.1, 0.15) is 11.3 Å². The van der Waals surface area contributed by atoms with Crippen molar-refractivity contribution in [2.45, 2.75) is 50.5 Å². The van der Waals surface area contributed by atoms with Crippen molar-refractivity contribution in [1.82, 2.24) is 14.8 Å². The molecule has 5 rings (SSSR count). The van der Waals surface area contributed by atoms with Crippen molar-refractivity contribution in [2.24, 2.45) is 0 Å². The third-order valence-electron chi connectivity index (χ3n) is 6.85. The minimum absolute atomic E-state index is 0.107. The van der Waals surface area contributed by atoms with E-state index in [9.17, 15) is 19.6 Å². The Kier molecular flexibility index (Phi) is 5.56. The normalized spacial score (nSPS) is 18.7. The monoisotopic (exact) mass is 478 g/mol. The van der Waals surface area contributed by atoms with Gasteiger partial charge in [-0.2, -0.15) is 10.4 Å². The minimum atomic E-state index is -1.02. The van der Waals surface area contributed by atoms with Crippen LogP contribution in [0, 0.1) is 23.0 Å². The zero-order chi connectivity index (χ0) is 24.9. The van der Waals surface area contributed by atoms with Crippen molar-refractivity contribution in [3.8, 4) is 11.8 Å². The fourth-order valence-electron chi connectivity index (χ4n) is 5.21. The second-order valence-corrected chi connectivity index (χ2v) is 9.65. The van der Waals surface area contributed by atoms with Gasteiger partial charge in [-0.15, -0.1) is 0 Å². The third kappa shape index (κ3) is 3.74. The molecule has 3 heterocycles. The second kappa shape index (κ2) is 8.47. The first-order valence-electron chi connectivity index (χ1n) is 11.4. The number of nitrogens with zero attached hydrogens (tertiary/aromatic N) is 3. The standard InChI is InChI=1S/C26H24F2N4O3/c1-26(2,9-10-29)24-20(14-3-8-19(25(33)34)35-13-14)21-18(11-15-12-30-31-23(15)22(21)28)32(24)17-6-4-16(27)5-7-17/h4-7,11-12,14,19H,3,8-9,13H2,1-2H3,(H,30,31)(H,33,34)/t14-,19+/m0/s1. The summed E-state index contributed by atoms with van der Waals surface area (Å²) >= 11 is 0. The van der Waals surface area contributed by atoms with Gasteiger partial charge in [-0.05, 0) is 48.7 Å². The number of carboxylic acid groups (broad SMARTS) is 1. The van der Waals surface area contributed by atoms with E-state index in [2.05, 4.69) is 16.3 Å². The summed E-state index contributed by atoms with van der Waals surface area (Å²) in [6.45, 7) is 3.95. The predicted octanol–water partition coefficient (Wildman–Crippen LogP) is 5.32. The molecule has 180 valence electrons. The molecule has 1 saturated heterocycles. The van der Waals surface area contributed by atoms with Crippen LogP contribution >= 0.6 is 0 Å². The Bertz CT molecular complexity index is 1470. The largest absolute Gasteiger partial charge is 0.479 e. The molecule has 0 amide bonds. The number of carbonyl (C=O) groups is 1. The Morgan fingerprint density at radius 1 is 1.31 bits per heavy atom. The van der Waals surface area contributed by atoms with E-state index in [1.54, 1.807) is 18.3 Å². The smallest absolute Gasteiger partial charge is 0.332 e. The molecule has 9 heteroatoms. The Labute approximate surface area is 199 Å². The number of carboxylic acids is 1. The zero-order valence-electron chi connectivity index (χ0n) is 19.3. The van der Waals surface area contributed by atoms with Crippen molar-refractivity contribution >= 4 is 27.8 Å². The number of hydrogen-bond donors (Lipinski definition) is 2. The Morgan fingerprint density at radius 3 is 2.69 bits per heavy atom. The lowest BCUT2D eigenvalue weighted by molar-refractivity contribution is -0.153. The second-order valence-electron chi connectivity index (χ2n) is 9.65. The van der Waals surface area contributed by atoms with E-state index >= 15 is 4.39 Å². The molecule has 0 bridgehead atoms. The summed E-state index contributed by atoms with van der Waals surface area (Å²) in [6, 6.07) is 10.0. The quantitative estimate of drug-likeness (QED) is 0.404. The van der Waals surface area contributed by atoms with Gasteiger partial charge < -0.3 is 14.4 Å². The van der Waals surface area contributed by atoms with Crippen molar-refractivity contribution in [1.29, 1.82) is 5.26 Å². The number of benzene rings is 2. The maximum Gasteiger partial charge on any atom is 0.332 e. The molecule has 0 aliphatic carbocycles. The maximum absolute atomic E-state index is 16.1. The highest BCUT2D eigenvalue weighted by Gasteiger charge is 2.38. The lowest BCUT2D eigenvalue weighted by Crippen LogP contribution is -2.32. The highest BCUT2D eigenvalue weighted by atomic mass is 19.1. The highest BCUT2D eigenvalue weighted by Crippen LogP contribution is 2.46. The van der Waals surface area contributed by atoms with Crippen LogP contribution in [0.3, 0.4) is 0 Å². The fraction of sp³-hybridized carbons (Fsp3) is 0.346. The number of aromatic nitrogens is 3. The van der Waals surface area contributed by atoms with Gasteiger partial charge in [0.05, 0.1) is 24.4 Å². The Morgan fingerprint density at radius 2 is 2.06 bits per heavy atom. The van der Waals surface area contributed by atoms with Crippen molar-refractivity contribution in [2.75, 3.05) is 6.61 Å². The lowest BCUT2D eigenvalue weighted by Gasteiger charge is -2.32. The highest BCUT2D eigenvalue weighted by molar-refractivity contribution is 6.00. The number of nitrogens with one attached hydrogen (secondary N) is 1. The molecule has 1 fully saturated rings. The molecular weight excluding hydrogens is 454 g/mol.